The second kappa shape index (κ2) is 10.1. The predicted molar refractivity (Wildman–Crippen MR) is 75.3 cm³/mol. The fraction of sp³-hybridized carbons (Fsp3) is 0.857. The Labute approximate surface area is 111 Å². The molecule has 4 nitrogen and oxygen atoms in total. The summed E-state index contributed by atoms with van der Waals surface area (Å²) in [5.74, 6) is 0.936. The Kier molecular flexibility index (Phi) is 8.47. The van der Waals surface area contributed by atoms with E-state index in [0.717, 1.165) is 12.4 Å². The molecule has 1 heterocycles. The molecule has 0 fully saturated rings. The van der Waals surface area contributed by atoms with Crippen LogP contribution in [0.15, 0.2) is 6.33 Å². The third kappa shape index (κ3) is 6.74. The van der Waals surface area contributed by atoms with E-state index in [-0.39, 0.29) is 0 Å². The van der Waals surface area contributed by atoms with Gasteiger partial charge in [-0.3, -0.25) is 5.10 Å². The second-order valence-corrected chi connectivity index (χ2v) is 5.00. The van der Waals surface area contributed by atoms with Crippen molar-refractivity contribution in [2.75, 3.05) is 0 Å². The lowest BCUT2D eigenvalue weighted by molar-refractivity contribution is 0.413. The van der Waals surface area contributed by atoms with Crippen LogP contribution in [0.25, 0.3) is 0 Å². The van der Waals surface area contributed by atoms with E-state index in [4.69, 9.17) is 0 Å². The van der Waals surface area contributed by atoms with Crippen LogP contribution in [0.2, 0.25) is 0 Å². The number of H-pyrrole nitrogens is 1. The molecule has 0 atom stereocenters. The molecule has 0 saturated heterocycles. The van der Waals surface area contributed by atoms with Crippen LogP contribution in [0.1, 0.15) is 71.0 Å². The van der Waals surface area contributed by atoms with Gasteiger partial charge < -0.3 is 5.32 Å². The van der Waals surface area contributed by atoms with Crippen molar-refractivity contribution in [1.82, 2.24) is 20.5 Å². The Hall–Kier alpha value is -0.900. The van der Waals surface area contributed by atoms with Crippen LogP contribution in [0.5, 0.6) is 0 Å². The summed E-state index contributed by atoms with van der Waals surface area (Å²) in [4.78, 5) is 4.15. The predicted octanol–water partition coefficient (Wildman–Crippen LogP) is 3.42. The van der Waals surface area contributed by atoms with Crippen molar-refractivity contribution in [1.29, 1.82) is 0 Å². The molecule has 2 N–H and O–H groups in total. The first kappa shape index (κ1) is 15.2. The van der Waals surface area contributed by atoms with Gasteiger partial charge in [0, 0.05) is 6.04 Å². The van der Waals surface area contributed by atoms with Gasteiger partial charge in [-0.2, -0.15) is 5.10 Å². The van der Waals surface area contributed by atoms with Crippen LogP contribution in [0.4, 0.5) is 0 Å². The molecule has 0 radical (unpaired) electrons. The lowest BCUT2D eigenvalue weighted by atomic mass is 10.0. The van der Waals surface area contributed by atoms with Crippen molar-refractivity contribution in [2.24, 2.45) is 0 Å². The third-order valence-electron chi connectivity index (χ3n) is 3.34. The highest BCUT2D eigenvalue weighted by atomic mass is 15.2. The molecule has 0 aliphatic rings. The lowest BCUT2D eigenvalue weighted by Gasteiger charge is -2.17. The summed E-state index contributed by atoms with van der Waals surface area (Å²) in [5, 5.41) is 10.4. The summed E-state index contributed by atoms with van der Waals surface area (Å²) in [6.45, 7) is 5.32. The van der Waals surface area contributed by atoms with Gasteiger partial charge in [-0.15, -0.1) is 0 Å². The van der Waals surface area contributed by atoms with Crippen LogP contribution in [-0.4, -0.2) is 21.2 Å². The second-order valence-electron chi connectivity index (χ2n) is 5.00. The van der Waals surface area contributed by atoms with Crippen molar-refractivity contribution in [3.8, 4) is 0 Å². The average molecular weight is 252 g/mol. The average Bonchev–Trinajstić information content (AvgIpc) is 2.89. The lowest BCUT2D eigenvalue weighted by Crippen LogP contribution is -2.29. The molecule has 104 valence electrons. The smallest absolute Gasteiger partial charge is 0.138 e. The summed E-state index contributed by atoms with van der Waals surface area (Å²) in [5.41, 5.74) is 0. The maximum Gasteiger partial charge on any atom is 0.138 e. The molecular weight excluding hydrogens is 224 g/mol. The van der Waals surface area contributed by atoms with Crippen molar-refractivity contribution in [2.45, 2.75) is 77.8 Å². The Bertz CT molecular complexity index is 261. The standard InChI is InChI=1S/C14H28N4/c1-3-5-7-9-13(10-8-6-4-2)15-11-14-16-12-17-18-14/h12-13,15H,3-11H2,1-2H3,(H,16,17,18). The van der Waals surface area contributed by atoms with Crippen LogP contribution in [0, 0.1) is 0 Å². The normalized spacial score (nSPS) is 11.3. The fourth-order valence-electron chi connectivity index (χ4n) is 2.19. The minimum absolute atomic E-state index is 0.633. The van der Waals surface area contributed by atoms with E-state index in [9.17, 15) is 0 Å². The van der Waals surface area contributed by atoms with Gasteiger partial charge in [0.2, 0.25) is 0 Å². The number of rotatable bonds is 11. The van der Waals surface area contributed by atoms with Gasteiger partial charge in [-0.05, 0) is 12.8 Å². The van der Waals surface area contributed by atoms with E-state index in [2.05, 4.69) is 34.3 Å². The van der Waals surface area contributed by atoms with Crippen molar-refractivity contribution >= 4 is 0 Å². The molecule has 0 unspecified atom stereocenters. The van der Waals surface area contributed by atoms with Gasteiger partial charge in [0.15, 0.2) is 0 Å². The highest BCUT2D eigenvalue weighted by molar-refractivity contribution is 4.80. The zero-order valence-corrected chi connectivity index (χ0v) is 11.9. The van der Waals surface area contributed by atoms with Gasteiger partial charge in [0.25, 0.3) is 0 Å². The van der Waals surface area contributed by atoms with E-state index in [1.165, 1.54) is 51.4 Å². The first-order valence-corrected chi connectivity index (χ1v) is 7.44. The number of aromatic amines is 1. The van der Waals surface area contributed by atoms with Crippen LogP contribution >= 0.6 is 0 Å². The minimum Gasteiger partial charge on any atom is -0.307 e. The molecule has 0 spiro atoms. The first-order chi connectivity index (χ1) is 8.86. The SMILES string of the molecule is CCCCCC(CCCCC)NCc1ncn[nH]1. The van der Waals surface area contributed by atoms with Crippen LogP contribution < -0.4 is 5.32 Å². The van der Waals surface area contributed by atoms with E-state index in [1.54, 1.807) is 6.33 Å². The number of hydrogen-bond acceptors (Lipinski definition) is 3. The molecule has 1 aromatic heterocycles. The van der Waals surface area contributed by atoms with E-state index in [0.29, 0.717) is 6.04 Å². The number of hydrogen-bond donors (Lipinski definition) is 2. The molecule has 4 heteroatoms. The largest absolute Gasteiger partial charge is 0.307 e. The highest BCUT2D eigenvalue weighted by Crippen LogP contribution is 2.11. The maximum absolute atomic E-state index is 4.15. The molecule has 0 aliphatic carbocycles. The number of unbranched alkanes of at least 4 members (excludes halogenated alkanes) is 4. The van der Waals surface area contributed by atoms with Crippen molar-refractivity contribution < 1.29 is 0 Å². The van der Waals surface area contributed by atoms with Crippen molar-refractivity contribution in [3.05, 3.63) is 12.2 Å². The van der Waals surface area contributed by atoms with Gasteiger partial charge in [0.1, 0.15) is 12.2 Å². The fourth-order valence-corrected chi connectivity index (χ4v) is 2.19. The molecule has 18 heavy (non-hydrogen) atoms. The van der Waals surface area contributed by atoms with E-state index >= 15 is 0 Å². The molecule has 0 bridgehead atoms. The number of nitrogens with one attached hydrogen (secondary N) is 2. The van der Waals surface area contributed by atoms with Gasteiger partial charge in [-0.1, -0.05) is 52.4 Å². The Morgan fingerprint density at radius 2 is 1.78 bits per heavy atom. The maximum atomic E-state index is 4.15. The van der Waals surface area contributed by atoms with Gasteiger partial charge >= 0.3 is 0 Å². The quantitative estimate of drug-likeness (QED) is 0.593. The number of aromatic nitrogens is 3. The summed E-state index contributed by atoms with van der Waals surface area (Å²) in [6.07, 6.45) is 12.1. The van der Waals surface area contributed by atoms with Crippen LogP contribution in [-0.2, 0) is 6.54 Å². The summed E-state index contributed by atoms with van der Waals surface area (Å²) in [6, 6.07) is 0.633. The summed E-state index contributed by atoms with van der Waals surface area (Å²) < 4.78 is 0. The third-order valence-corrected chi connectivity index (χ3v) is 3.34. The highest BCUT2D eigenvalue weighted by Gasteiger charge is 2.08. The molecular formula is C14H28N4. The first-order valence-electron chi connectivity index (χ1n) is 7.44. The zero-order chi connectivity index (χ0) is 13.1. The van der Waals surface area contributed by atoms with E-state index < -0.39 is 0 Å². The minimum atomic E-state index is 0.633. The van der Waals surface area contributed by atoms with Crippen molar-refractivity contribution in [3.63, 3.8) is 0 Å². The Balaban J connectivity index is 2.23. The molecule has 0 aromatic carbocycles. The monoisotopic (exact) mass is 252 g/mol. The molecule has 0 saturated carbocycles. The summed E-state index contributed by atoms with van der Waals surface area (Å²) >= 11 is 0. The molecule has 1 rings (SSSR count). The van der Waals surface area contributed by atoms with Gasteiger partial charge in [-0.25, -0.2) is 4.98 Å². The Morgan fingerprint density at radius 3 is 2.28 bits per heavy atom. The van der Waals surface area contributed by atoms with E-state index in [1.807, 2.05) is 0 Å². The molecule has 1 aromatic rings. The molecule has 0 amide bonds. The Morgan fingerprint density at radius 1 is 1.11 bits per heavy atom. The summed E-state index contributed by atoms with van der Waals surface area (Å²) in [7, 11) is 0. The molecule has 0 aliphatic heterocycles. The van der Waals surface area contributed by atoms with Crippen LogP contribution in [0.3, 0.4) is 0 Å². The number of nitrogens with zero attached hydrogens (tertiary/aromatic N) is 2. The topological polar surface area (TPSA) is 53.6 Å². The zero-order valence-electron chi connectivity index (χ0n) is 11.9. The van der Waals surface area contributed by atoms with Gasteiger partial charge in [0.05, 0.1) is 6.54 Å².